The summed E-state index contributed by atoms with van der Waals surface area (Å²) in [5, 5.41) is 0. The van der Waals surface area contributed by atoms with Crippen molar-refractivity contribution in [3.05, 3.63) is 0 Å². The molecule has 0 aromatic rings. The average Bonchev–Trinajstić information content (AvgIpc) is 2.00. The van der Waals surface area contributed by atoms with Gasteiger partial charge in [-0.15, -0.1) is 0 Å². The van der Waals surface area contributed by atoms with Crippen LogP contribution in [0.15, 0.2) is 0 Å². The monoisotopic (exact) mass is 228 g/mol. The molecular formula is C6H16O3S2Si. The highest BCUT2D eigenvalue weighted by atomic mass is 32.1. The van der Waals surface area contributed by atoms with Crippen molar-refractivity contribution in [2.45, 2.75) is 13.0 Å². The van der Waals surface area contributed by atoms with E-state index in [1.165, 1.54) is 0 Å². The standard InChI is InChI=1S/C6H16O3S2Si/c1-2-9-12(7,8)5-6(3-10)4-11/h6-8,10-11H,2-5H2,1H3. The summed E-state index contributed by atoms with van der Waals surface area (Å²) in [6.07, 6.45) is 0. The summed E-state index contributed by atoms with van der Waals surface area (Å²) < 4.78 is 4.85. The zero-order valence-corrected chi connectivity index (χ0v) is 9.89. The van der Waals surface area contributed by atoms with Gasteiger partial charge in [-0.1, -0.05) is 0 Å². The maximum absolute atomic E-state index is 9.35. The van der Waals surface area contributed by atoms with E-state index in [9.17, 15) is 9.59 Å². The van der Waals surface area contributed by atoms with Gasteiger partial charge in [0.15, 0.2) is 0 Å². The van der Waals surface area contributed by atoms with Crippen LogP contribution in [0.3, 0.4) is 0 Å². The third kappa shape index (κ3) is 5.44. The van der Waals surface area contributed by atoms with E-state index in [0.717, 1.165) is 0 Å². The zero-order chi connectivity index (χ0) is 9.61. The molecule has 2 N–H and O–H groups in total. The third-order valence-corrected chi connectivity index (χ3v) is 4.34. The topological polar surface area (TPSA) is 49.7 Å². The summed E-state index contributed by atoms with van der Waals surface area (Å²) in [6, 6.07) is 0.286. The van der Waals surface area contributed by atoms with Gasteiger partial charge in [-0.25, -0.2) is 0 Å². The highest BCUT2D eigenvalue weighted by Crippen LogP contribution is 2.16. The molecule has 0 unspecified atom stereocenters. The lowest BCUT2D eigenvalue weighted by Gasteiger charge is -2.20. The average molecular weight is 228 g/mol. The molecule has 0 amide bonds. The van der Waals surface area contributed by atoms with Crippen LogP contribution in [0.4, 0.5) is 0 Å². The maximum atomic E-state index is 9.35. The van der Waals surface area contributed by atoms with Crippen molar-refractivity contribution in [3.63, 3.8) is 0 Å². The fraction of sp³-hybridized carbons (Fsp3) is 1.00. The van der Waals surface area contributed by atoms with E-state index in [1.807, 2.05) is 0 Å². The van der Waals surface area contributed by atoms with Gasteiger partial charge in [-0.2, -0.15) is 25.3 Å². The summed E-state index contributed by atoms with van der Waals surface area (Å²) >= 11 is 8.14. The Bertz CT molecular complexity index is 119. The molecule has 0 aliphatic rings. The molecule has 0 saturated carbocycles. The Morgan fingerprint density at radius 2 is 1.83 bits per heavy atom. The van der Waals surface area contributed by atoms with E-state index in [0.29, 0.717) is 18.1 Å². The van der Waals surface area contributed by atoms with Crippen LogP contribution in [0.1, 0.15) is 6.92 Å². The Labute approximate surface area is 85.3 Å². The summed E-state index contributed by atoms with van der Waals surface area (Å²) in [6.45, 7) is 2.08. The lowest BCUT2D eigenvalue weighted by Crippen LogP contribution is -2.41. The van der Waals surface area contributed by atoms with Crippen molar-refractivity contribution in [2.24, 2.45) is 5.92 Å². The van der Waals surface area contributed by atoms with Crippen LogP contribution in [-0.2, 0) is 4.43 Å². The lowest BCUT2D eigenvalue weighted by molar-refractivity contribution is 0.152. The van der Waals surface area contributed by atoms with Crippen LogP contribution < -0.4 is 0 Å². The van der Waals surface area contributed by atoms with Crippen LogP contribution in [0, 0.1) is 5.92 Å². The number of thiol groups is 2. The predicted molar refractivity (Wildman–Crippen MR) is 57.8 cm³/mol. The molecule has 0 aromatic carbocycles. The van der Waals surface area contributed by atoms with Gasteiger partial charge < -0.3 is 14.0 Å². The first kappa shape index (κ1) is 12.8. The van der Waals surface area contributed by atoms with E-state index < -0.39 is 8.80 Å². The quantitative estimate of drug-likeness (QED) is 0.394. The predicted octanol–water partition coefficient (Wildman–Crippen LogP) is 0.422. The first-order valence-corrected chi connectivity index (χ1v) is 7.13. The maximum Gasteiger partial charge on any atom is 0.495 e. The molecule has 6 heteroatoms. The highest BCUT2D eigenvalue weighted by molar-refractivity contribution is 7.81. The SMILES string of the molecule is CCO[Si](O)(O)CC(CS)CS. The Morgan fingerprint density at radius 3 is 2.17 bits per heavy atom. The second kappa shape index (κ2) is 6.28. The molecule has 0 radical (unpaired) electrons. The van der Waals surface area contributed by atoms with E-state index in [1.54, 1.807) is 6.92 Å². The molecule has 12 heavy (non-hydrogen) atoms. The minimum Gasteiger partial charge on any atom is -0.390 e. The van der Waals surface area contributed by atoms with Crippen molar-refractivity contribution >= 4 is 34.1 Å². The van der Waals surface area contributed by atoms with Gasteiger partial charge in [0, 0.05) is 12.7 Å². The Hall–Kier alpha value is 0.797. The molecule has 0 fully saturated rings. The number of rotatable bonds is 6. The van der Waals surface area contributed by atoms with Crippen molar-refractivity contribution in [2.75, 3.05) is 18.1 Å². The second-order valence-corrected chi connectivity index (χ2v) is 5.52. The largest absolute Gasteiger partial charge is 0.495 e. The number of hydrogen-bond donors (Lipinski definition) is 4. The molecule has 74 valence electrons. The van der Waals surface area contributed by atoms with E-state index in [2.05, 4.69) is 25.3 Å². The molecule has 0 aromatic heterocycles. The molecule has 3 nitrogen and oxygen atoms in total. The molecule has 0 atom stereocenters. The van der Waals surface area contributed by atoms with Crippen LogP contribution >= 0.6 is 25.3 Å². The molecule has 0 heterocycles. The smallest absolute Gasteiger partial charge is 0.390 e. The highest BCUT2D eigenvalue weighted by Gasteiger charge is 2.34. The van der Waals surface area contributed by atoms with Gasteiger partial charge in [-0.05, 0) is 24.3 Å². The van der Waals surface area contributed by atoms with E-state index in [4.69, 9.17) is 4.43 Å². The van der Waals surface area contributed by atoms with Crippen molar-refractivity contribution in [1.29, 1.82) is 0 Å². The van der Waals surface area contributed by atoms with Crippen molar-refractivity contribution in [1.82, 2.24) is 0 Å². The van der Waals surface area contributed by atoms with Gasteiger partial charge in [-0.3, -0.25) is 0 Å². The first-order valence-electron chi connectivity index (χ1n) is 3.86. The van der Waals surface area contributed by atoms with Crippen LogP contribution in [0.2, 0.25) is 6.04 Å². The van der Waals surface area contributed by atoms with Crippen LogP contribution in [0.25, 0.3) is 0 Å². The van der Waals surface area contributed by atoms with Crippen LogP contribution in [-0.4, -0.2) is 36.5 Å². The van der Waals surface area contributed by atoms with Gasteiger partial charge >= 0.3 is 8.80 Å². The van der Waals surface area contributed by atoms with Gasteiger partial charge in [0.2, 0.25) is 0 Å². The lowest BCUT2D eigenvalue weighted by atomic mass is 10.3. The third-order valence-electron chi connectivity index (χ3n) is 1.45. The molecule has 0 aliphatic heterocycles. The Morgan fingerprint density at radius 1 is 1.33 bits per heavy atom. The van der Waals surface area contributed by atoms with E-state index in [-0.39, 0.29) is 12.0 Å². The minimum absolute atomic E-state index is 0.116. The van der Waals surface area contributed by atoms with Crippen molar-refractivity contribution < 1.29 is 14.0 Å². The first-order chi connectivity index (χ1) is 5.55. The summed E-state index contributed by atoms with van der Waals surface area (Å²) in [5.41, 5.74) is 0. The molecular weight excluding hydrogens is 212 g/mol. The Kier molecular flexibility index (Phi) is 6.70. The zero-order valence-electron chi connectivity index (χ0n) is 7.10. The summed E-state index contributed by atoms with van der Waals surface area (Å²) in [7, 11) is -3.41. The Balaban J connectivity index is 3.84. The second-order valence-electron chi connectivity index (χ2n) is 2.61. The fourth-order valence-electron chi connectivity index (χ4n) is 0.853. The molecule has 0 bridgehead atoms. The molecule has 0 saturated heterocycles. The molecule has 0 aliphatic carbocycles. The number of hydrogen-bond acceptors (Lipinski definition) is 5. The van der Waals surface area contributed by atoms with Crippen molar-refractivity contribution in [3.8, 4) is 0 Å². The van der Waals surface area contributed by atoms with Gasteiger partial charge in [0.25, 0.3) is 0 Å². The molecule has 0 rings (SSSR count). The van der Waals surface area contributed by atoms with Crippen LogP contribution in [0.5, 0.6) is 0 Å². The summed E-state index contributed by atoms with van der Waals surface area (Å²) in [4.78, 5) is 18.7. The summed E-state index contributed by atoms with van der Waals surface area (Å²) in [5.74, 6) is 1.32. The van der Waals surface area contributed by atoms with E-state index >= 15 is 0 Å². The van der Waals surface area contributed by atoms with Gasteiger partial charge in [0.05, 0.1) is 0 Å². The minimum atomic E-state index is -3.41. The van der Waals surface area contributed by atoms with Gasteiger partial charge in [0.1, 0.15) is 0 Å². The molecule has 0 spiro atoms. The normalized spacial score (nSPS) is 12.5. The fourth-order valence-corrected chi connectivity index (χ4v) is 3.68.